The second kappa shape index (κ2) is 7.70. The molecule has 5 nitrogen and oxygen atoms in total. The van der Waals surface area contributed by atoms with E-state index >= 15 is 0 Å². The van der Waals surface area contributed by atoms with Gasteiger partial charge in [0.05, 0.1) is 6.04 Å². The number of nitrogens with zero attached hydrogens (tertiary/aromatic N) is 2. The topological polar surface area (TPSA) is 52.7 Å². The van der Waals surface area contributed by atoms with Crippen molar-refractivity contribution in [1.29, 1.82) is 0 Å². The second-order valence-corrected chi connectivity index (χ2v) is 6.31. The summed E-state index contributed by atoms with van der Waals surface area (Å²) in [5.74, 6) is -2.16. The van der Waals surface area contributed by atoms with Crippen LogP contribution in [0.1, 0.15) is 20.8 Å². The molecule has 2 rings (SSSR count). The number of rotatable bonds is 4. The van der Waals surface area contributed by atoms with E-state index in [-0.39, 0.29) is 23.4 Å². The Labute approximate surface area is 140 Å². The van der Waals surface area contributed by atoms with Crippen LogP contribution in [0, 0.1) is 17.6 Å². The van der Waals surface area contributed by atoms with Gasteiger partial charge in [-0.15, -0.1) is 0 Å². The minimum Gasteiger partial charge on any atom is -0.340 e. The molecule has 1 aromatic carbocycles. The lowest BCUT2D eigenvalue weighted by molar-refractivity contribution is -0.136. The number of anilines is 1. The standard InChI is InChI=1S/C17H23F2N3O2/c1-11(2)17(24)22-8-6-21(7-9-22)12(3)16(23)20-13-4-5-14(18)15(19)10-13/h4-5,10-12H,6-9H2,1-3H3,(H,20,23). The fraction of sp³-hybridized carbons (Fsp3) is 0.529. The van der Waals surface area contributed by atoms with E-state index in [1.54, 1.807) is 11.8 Å². The quantitative estimate of drug-likeness (QED) is 0.914. The van der Waals surface area contributed by atoms with Crippen LogP contribution in [0.15, 0.2) is 18.2 Å². The van der Waals surface area contributed by atoms with Crippen molar-refractivity contribution >= 4 is 17.5 Å². The maximum atomic E-state index is 13.2. The zero-order valence-electron chi connectivity index (χ0n) is 14.2. The number of amides is 2. The Morgan fingerprint density at radius 1 is 1.04 bits per heavy atom. The molecular weight excluding hydrogens is 316 g/mol. The Kier molecular flexibility index (Phi) is 5.88. The van der Waals surface area contributed by atoms with Crippen LogP contribution in [0.3, 0.4) is 0 Å². The van der Waals surface area contributed by atoms with Crippen LogP contribution in [0.2, 0.25) is 0 Å². The van der Waals surface area contributed by atoms with Crippen LogP contribution >= 0.6 is 0 Å². The van der Waals surface area contributed by atoms with Crippen molar-refractivity contribution in [3.8, 4) is 0 Å². The van der Waals surface area contributed by atoms with E-state index < -0.39 is 17.7 Å². The van der Waals surface area contributed by atoms with E-state index in [0.29, 0.717) is 26.2 Å². The number of benzene rings is 1. The van der Waals surface area contributed by atoms with Crippen molar-refractivity contribution in [1.82, 2.24) is 9.80 Å². The summed E-state index contributed by atoms with van der Waals surface area (Å²) in [6, 6.07) is 2.84. The summed E-state index contributed by atoms with van der Waals surface area (Å²) in [6.07, 6.45) is 0. The van der Waals surface area contributed by atoms with E-state index in [0.717, 1.165) is 12.1 Å². The largest absolute Gasteiger partial charge is 0.340 e. The third-order valence-corrected chi connectivity index (χ3v) is 4.23. The first-order valence-electron chi connectivity index (χ1n) is 8.08. The monoisotopic (exact) mass is 339 g/mol. The molecule has 1 saturated heterocycles. The van der Waals surface area contributed by atoms with E-state index in [1.807, 2.05) is 18.7 Å². The van der Waals surface area contributed by atoms with Gasteiger partial charge in [0, 0.05) is 43.9 Å². The maximum absolute atomic E-state index is 13.2. The molecule has 132 valence electrons. The molecule has 0 saturated carbocycles. The number of piperazine rings is 1. The zero-order valence-corrected chi connectivity index (χ0v) is 14.2. The van der Waals surface area contributed by atoms with Gasteiger partial charge in [-0.05, 0) is 19.1 Å². The molecule has 7 heteroatoms. The summed E-state index contributed by atoms with van der Waals surface area (Å²) in [7, 11) is 0. The van der Waals surface area contributed by atoms with Crippen molar-refractivity contribution < 1.29 is 18.4 Å². The molecule has 0 bridgehead atoms. The van der Waals surface area contributed by atoms with Gasteiger partial charge in [0.15, 0.2) is 11.6 Å². The number of carbonyl (C=O) groups excluding carboxylic acids is 2. The molecular formula is C17H23F2N3O2. The van der Waals surface area contributed by atoms with E-state index in [9.17, 15) is 18.4 Å². The highest BCUT2D eigenvalue weighted by Gasteiger charge is 2.28. The van der Waals surface area contributed by atoms with Gasteiger partial charge in [-0.3, -0.25) is 14.5 Å². The molecule has 0 spiro atoms. The molecule has 0 radical (unpaired) electrons. The molecule has 1 N–H and O–H groups in total. The molecule has 24 heavy (non-hydrogen) atoms. The van der Waals surface area contributed by atoms with E-state index in [2.05, 4.69) is 5.32 Å². The minimum absolute atomic E-state index is 0.0364. The van der Waals surface area contributed by atoms with Gasteiger partial charge < -0.3 is 10.2 Å². The van der Waals surface area contributed by atoms with Gasteiger partial charge in [0.25, 0.3) is 0 Å². The van der Waals surface area contributed by atoms with Crippen molar-refractivity contribution in [3.05, 3.63) is 29.8 Å². The zero-order chi connectivity index (χ0) is 17.9. The fourth-order valence-electron chi connectivity index (χ4n) is 2.68. The summed E-state index contributed by atoms with van der Waals surface area (Å²) in [5.41, 5.74) is 0.222. The normalized spacial score (nSPS) is 17.0. The maximum Gasteiger partial charge on any atom is 0.241 e. The Hall–Kier alpha value is -2.02. The lowest BCUT2D eigenvalue weighted by Crippen LogP contribution is -2.54. The first kappa shape index (κ1) is 18.3. The van der Waals surface area contributed by atoms with Crippen LogP contribution in [0.5, 0.6) is 0 Å². The predicted molar refractivity (Wildman–Crippen MR) is 87.4 cm³/mol. The molecule has 1 atom stereocenters. The highest BCUT2D eigenvalue weighted by atomic mass is 19.2. The molecule has 0 aliphatic carbocycles. The number of carbonyl (C=O) groups is 2. The molecule has 1 unspecified atom stereocenters. The van der Waals surface area contributed by atoms with Crippen molar-refractivity contribution in [2.24, 2.45) is 5.92 Å². The van der Waals surface area contributed by atoms with Crippen LogP contribution in [0.25, 0.3) is 0 Å². The van der Waals surface area contributed by atoms with Crippen molar-refractivity contribution in [3.63, 3.8) is 0 Å². The minimum atomic E-state index is -0.999. The number of hydrogen-bond acceptors (Lipinski definition) is 3. The van der Waals surface area contributed by atoms with Gasteiger partial charge >= 0.3 is 0 Å². The molecule has 2 amide bonds. The second-order valence-electron chi connectivity index (χ2n) is 6.31. The SMILES string of the molecule is CC(C)C(=O)N1CCN(C(C)C(=O)Nc2ccc(F)c(F)c2)CC1. The first-order chi connectivity index (χ1) is 11.3. The van der Waals surface area contributed by atoms with Gasteiger partial charge in [-0.1, -0.05) is 13.8 Å². The summed E-state index contributed by atoms with van der Waals surface area (Å²) in [5, 5.41) is 2.59. The van der Waals surface area contributed by atoms with Gasteiger partial charge in [0.1, 0.15) is 0 Å². The van der Waals surface area contributed by atoms with Crippen molar-refractivity contribution in [2.75, 3.05) is 31.5 Å². The average molecular weight is 339 g/mol. The van der Waals surface area contributed by atoms with E-state index in [4.69, 9.17) is 0 Å². The Bertz CT molecular complexity index is 614. The smallest absolute Gasteiger partial charge is 0.241 e. The average Bonchev–Trinajstić information content (AvgIpc) is 2.56. The van der Waals surface area contributed by atoms with Gasteiger partial charge in [-0.25, -0.2) is 8.78 Å². The van der Waals surface area contributed by atoms with E-state index in [1.165, 1.54) is 6.07 Å². The lowest BCUT2D eigenvalue weighted by atomic mass is 10.1. The number of hydrogen-bond donors (Lipinski definition) is 1. The Morgan fingerprint density at radius 3 is 2.21 bits per heavy atom. The summed E-state index contributed by atoms with van der Waals surface area (Å²) in [4.78, 5) is 28.0. The summed E-state index contributed by atoms with van der Waals surface area (Å²) < 4.78 is 26.1. The third kappa shape index (κ3) is 4.29. The summed E-state index contributed by atoms with van der Waals surface area (Å²) >= 11 is 0. The van der Waals surface area contributed by atoms with Gasteiger partial charge in [-0.2, -0.15) is 0 Å². The number of halogens is 2. The molecule has 1 heterocycles. The molecule has 1 aliphatic rings. The fourth-order valence-corrected chi connectivity index (χ4v) is 2.68. The highest BCUT2D eigenvalue weighted by molar-refractivity contribution is 5.94. The predicted octanol–water partition coefficient (Wildman–Crippen LogP) is 2.09. The Balaban J connectivity index is 1.90. The summed E-state index contributed by atoms with van der Waals surface area (Å²) in [6.45, 7) is 7.86. The molecule has 1 aliphatic heterocycles. The Morgan fingerprint density at radius 2 is 1.67 bits per heavy atom. The van der Waals surface area contributed by atoms with Crippen LogP contribution in [0.4, 0.5) is 14.5 Å². The third-order valence-electron chi connectivity index (χ3n) is 4.23. The van der Waals surface area contributed by atoms with Crippen LogP contribution < -0.4 is 5.32 Å². The molecule has 1 fully saturated rings. The highest BCUT2D eigenvalue weighted by Crippen LogP contribution is 2.15. The molecule has 1 aromatic rings. The van der Waals surface area contributed by atoms with Crippen molar-refractivity contribution in [2.45, 2.75) is 26.8 Å². The molecule has 0 aromatic heterocycles. The number of nitrogens with one attached hydrogen (secondary N) is 1. The first-order valence-corrected chi connectivity index (χ1v) is 8.08. The lowest BCUT2D eigenvalue weighted by Gasteiger charge is -2.38. The van der Waals surface area contributed by atoms with Crippen LogP contribution in [-0.2, 0) is 9.59 Å². The van der Waals surface area contributed by atoms with Gasteiger partial charge in [0.2, 0.25) is 11.8 Å². The van der Waals surface area contributed by atoms with Crippen LogP contribution in [-0.4, -0.2) is 53.8 Å².